The molecule has 0 bridgehead atoms. The first-order valence-corrected chi connectivity index (χ1v) is 11.7. The fourth-order valence-electron chi connectivity index (χ4n) is 4.03. The highest BCUT2D eigenvalue weighted by atomic mass is 35.5. The van der Waals surface area contributed by atoms with Gasteiger partial charge in [-0.25, -0.2) is 5.43 Å². The summed E-state index contributed by atoms with van der Waals surface area (Å²) in [5.74, 6) is 1.26. The smallest absolute Gasteiger partial charge is 0.308 e. The molecular weight excluding hydrogens is 416 g/mol. The number of unbranched alkanes of at least 4 members (excludes halogenated alkanes) is 3. The number of methoxy groups -OCH3 is 1. The predicted molar refractivity (Wildman–Crippen MR) is 124 cm³/mol. The minimum atomic E-state index is -0.341. The number of nitrogens with one attached hydrogen (secondary N) is 2. The SMILES string of the molecule is CCOC(=O)CC1(CC)NNC(CC)=C1CCCCCCOc1ccc(OC)cc1Cl. The maximum Gasteiger partial charge on any atom is 0.308 e. The number of benzene rings is 1. The van der Waals surface area contributed by atoms with Crippen LogP contribution in [0.25, 0.3) is 0 Å². The molecule has 0 amide bonds. The molecule has 0 saturated heterocycles. The quantitative estimate of drug-likeness (QED) is 0.285. The molecule has 0 aromatic heterocycles. The van der Waals surface area contributed by atoms with Crippen LogP contribution >= 0.6 is 11.6 Å². The first-order chi connectivity index (χ1) is 15.0. The van der Waals surface area contributed by atoms with Gasteiger partial charge in [0.05, 0.1) is 37.3 Å². The molecule has 1 atom stereocenters. The van der Waals surface area contributed by atoms with Crippen LogP contribution in [-0.4, -0.2) is 31.8 Å². The summed E-state index contributed by atoms with van der Waals surface area (Å²) in [7, 11) is 1.62. The Kier molecular flexibility index (Phi) is 10.5. The van der Waals surface area contributed by atoms with Crippen LogP contribution in [0.4, 0.5) is 0 Å². The van der Waals surface area contributed by atoms with E-state index in [2.05, 4.69) is 24.7 Å². The highest BCUT2D eigenvalue weighted by Gasteiger charge is 2.40. The van der Waals surface area contributed by atoms with Crippen molar-refractivity contribution < 1.29 is 19.0 Å². The third kappa shape index (κ3) is 7.04. The Balaban J connectivity index is 1.78. The average Bonchev–Trinajstić information content (AvgIpc) is 3.11. The molecule has 31 heavy (non-hydrogen) atoms. The first kappa shape index (κ1) is 25.3. The Morgan fingerprint density at radius 3 is 2.55 bits per heavy atom. The van der Waals surface area contributed by atoms with E-state index in [0.29, 0.717) is 30.4 Å². The van der Waals surface area contributed by atoms with Gasteiger partial charge in [-0.3, -0.25) is 4.79 Å². The largest absolute Gasteiger partial charge is 0.497 e. The van der Waals surface area contributed by atoms with Gasteiger partial charge in [0.1, 0.15) is 11.5 Å². The van der Waals surface area contributed by atoms with Crippen molar-refractivity contribution in [3.63, 3.8) is 0 Å². The lowest BCUT2D eigenvalue weighted by atomic mass is 9.81. The zero-order valence-electron chi connectivity index (χ0n) is 19.3. The van der Waals surface area contributed by atoms with E-state index in [4.69, 9.17) is 25.8 Å². The number of carbonyl (C=O) groups excluding carboxylic acids is 1. The summed E-state index contributed by atoms with van der Waals surface area (Å²) in [5, 5.41) is 0.567. The van der Waals surface area contributed by atoms with E-state index in [1.54, 1.807) is 13.2 Å². The van der Waals surface area contributed by atoms with Gasteiger partial charge in [-0.1, -0.05) is 38.3 Å². The van der Waals surface area contributed by atoms with Crippen LogP contribution in [0.15, 0.2) is 29.5 Å². The van der Waals surface area contributed by atoms with Crippen molar-refractivity contribution >= 4 is 17.6 Å². The van der Waals surface area contributed by atoms with Gasteiger partial charge in [0.2, 0.25) is 0 Å². The number of hydrogen-bond acceptors (Lipinski definition) is 6. The van der Waals surface area contributed by atoms with Gasteiger partial charge < -0.3 is 19.6 Å². The van der Waals surface area contributed by atoms with Crippen LogP contribution in [0.5, 0.6) is 11.5 Å². The van der Waals surface area contributed by atoms with Gasteiger partial charge >= 0.3 is 5.97 Å². The minimum Gasteiger partial charge on any atom is -0.497 e. The number of halogens is 1. The van der Waals surface area contributed by atoms with Crippen LogP contribution in [0.1, 0.15) is 72.1 Å². The first-order valence-electron chi connectivity index (χ1n) is 11.4. The van der Waals surface area contributed by atoms with E-state index in [0.717, 1.165) is 50.7 Å². The van der Waals surface area contributed by atoms with Gasteiger partial charge in [0.15, 0.2) is 0 Å². The molecule has 0 saturated carbocycles. The summed E-state index contributed by atoms with van der Waals surface area (Å²) in [4.78, 5) is 12.2. The molecule has 1 aromatic carbocycles. The molecule has 174 valence electrons. The molecule has 1 aliphatic heterocycles. The Labute approximate surface area is 191 Å². The van der Waals surface area contributed by atoms with E-state index in [9.17, 15) is 4.79 Å². The molecular formula is C24H37ClN2O4. The Hall–Kier alpha value is -1.92. The fraction of sp³-hybridized carbons (Fsp3) is 0.625. The van der Waals surface area contributed by atoms with Crippen molar-refractivity contribution in [1.29, 1.82) is 0 Å². The van der Waals surface area contributed by atoms with Crippen molar-refractivity contribution in [3.05, 3.63) is 34.5 Å². The molecule has 1 heterocycles. The standard InChI is InChI=1S/C24H37ClN2O4/c1-5-21-19(24(6-2,27-26-21)17-23(28)30-7-3)12-10-8-9-11-15-31-22-14-13-18(29-4)16-20(22)25/h13-14,16,26-27H,5-12,15,17H2,1-4H3. The van der Waals surface area contributed by atoms with Crippen molar-refractivity contribution in [2.24, 2.45) is 0 Å². The predicted octanol–water partition coefficient (Wildman–Crippen LogP) is 5.55. The third-order valence-electron chi connectivity index (χ3n) is 5.82. The second-order valence-electron chi connectivity index (χ2n) is 7.79. The molecule has 0 radical (unpaired) electrons. The summed E-state index contributed by atoms with van der Waals surface area (Å²) in [6.45, 7) is 7.16. The second kappa shape index (κ2) is 12.8. The zero-order valence-corrected chi connectivity index (χ0v) is 20.1. The van der Waals surface area contributed by atoms with Crippen molar-refractivity contribution in [1.82, 2.24) is 10.9 Å². The van der Waals surface area contributed by atoms with Crippen molar-refractivity contribution in [3.8, 4) is 11.5 Å². The highest BCUT2D eigenvalue weighted by Crippen LogP contribution is 2.36. The lowest BCUT2D eigenvalue weighted by molar-refractivity contribution is -0.144. The molecule has 2 rings (SSSR count). The fourth-order valence-corrected chi connectivity index (χ4v) is 4.25. The number of ether oxygens (including phenoxy) is 3. The third-order valence-corrected chi connectivity index (χ3v) is 6.12. The van der Waals surface area contributed by atoms with Gasteiger partial charge in [-0.2, -0.15) is 0 Å². The molecule has 0 fully saturated rings. The summed E-state index contributed by atoms with van der Waals surface area (Å²) in [6, 6.07) is 5.45. The molecule has 1 aromatic rings. The van der Waals surface area contributed by atoms with E-state index < -0.39 is 0 Å². The number of allylic oxidation sites excluding steroid dienone is 1. The molecule has 1 aliphatic rings. The van der Waals surface area contributed by atoms with Gasteiger partial charge in [-0.05, 0) is 56.7 Å². The molecule has 0 aliphatic carbocycles. The second-order valence-corrected chi connectivity index (χ2v) is 8.19. The van der Waals surface area contributed by atoms with Gasteiger partial charge in [0, 0.05) is 11.8 Å². The normalized spacial score (nSPS) is 18.1. The maximum absolute atomic E-state index is 12.2. The zero-order chi connectivity index (χ0) is 22.7. The summed E-state index contributed by atoms with van der Waals surface area (Å²) in [5.41, 5.74) is 8.90. The van der Waals surface area contributed by atoms with Crippen LogP contribution in [0.3, 0.4) is 0 Å². The van der Waals surface area contributed by atoms with Crippen molar-refractivity contribution in [2.45, 2.75) is 77.7 Å². The number of hydrazine groups is 1. The molecule has 1 unspecified atom stereocenters. The molecule has 6 nitrogen and oxygen atoms in total. The Morgan fingerprint density at radius 1 is 1.13 bits per heavy atom. The minimum absolute atomic E-state index is 0.150. The summed E-state index contributed by atoms with van der Waals surface area (Å²) >= 11 is 6.21. The monoisotopic (exact) mass is 452 g/mol. The topological polar surface area (TPSA) is 68.8 Å². The van der Waals surface area contributed by atoms with Crippen LogP contribution in [0, 0.1) is 0 Å². The molecule has 0 spiro atoms. The molecule has 7 heteroatoms. The number of esters is 1. The van der Waals surface area contributed by atoms with E-state index in [-0.39, 0.29) is 11.5 Å². The van der Waals surface area contributed by atoms with Crippen molar-refractivity contribution in [2.75, 3.05) is 20.3 Å². The van der Waals surface area contributed by atoms with Gasteiger partial charge in [0.25, 0.3) is 0 Å². The molecule has 2 N–H and O–H groups in total. The summed E-state index contributed by atoms with van der Waals surface area (Å²) < 4.78 is 16.2. The average molecular weight is 453 g/mol. The van der Waals surface area contributed by atoms with Crippen LogP contribution < -0.4 is 20.3 Å². The lowest BCUT2D eigenvalue weighted by Gasteiger charge is -2.30. The number of hydrogen-bond donors (Lipinski definition) is 2. The van der Waals surface area contributed by atoms with Crippen LogP contribution in [-0.2, 0) is 9.53 Å². The number of rotatable bonds is 14. The summed E-state index contributed by atoms with van der Waals surface area (Å²) in [6.07, 6.45) is 7.34. The van der Waals surface area contributed by atoms with Gasteiger partial charge in [-0.15, -0.1) is 0 Å². The lowest BCUT2D eigenvalue weighted by Crippen LogP contribution is -2.48. The van der Waals surface area contributed by atoms with E-state index >= 15 is 0 Å². The van der Waals surface area contributed by atoms with E-state index in [1.807, 2.05) is 19.1 Å². The number of carbonyl (C=O) groups is 1. The van der Waals surface area contributed by atoms with Crippen LogP contribution in [0.2, 0.25) is 5.02 Å². The Bertz CT molecular complexity index is 753. The maximum atomic E-state index is 12.2. The highest BCUT2D eigenvalue weighted by molar-refractivity contribution is 6.32. The van der Waals surface area contributed by atoms with E-state index in [1.165, 1.54) is 11.3 Å². The Morgan fingerprint density at radius 2 is 1.90 bits per heavy atom.